The fourth-order valence-corrected chi connectivity index (χ4v) is 3.37. The molecule has 0 unspecified atom stereocenters. The van der Waals surface area contributed by atoms with Crippen LogP contribution in [0.25, 0.3) is 11.0 Å². The van der Waals surface area contributed by atoms with Crippen LogP contribution < -0.4 is 4.74 Å². The zero-order valence-electron chi connectivity index (χ0n) is 16.8. The van der Waals surface area contributed by atoms with Crippen molar-refractivity contribution in [2.75, 3.05) is 14.2 Å². The van der Waals surface area contributed by atoms with Crippen molar-refractivity contribution in [2.45, 2.75) is 33.2 Å². The first kappa shape index (κ1) is 18.9. The molecule has 1 atom stereocenters. The van der Waals surface area contributed by atoms with Crippen molar-refractivity contribution in [3.05, 3.63) is 52.8 Å². The molecular formula is C21H26N4O2. The van der Waals surface area contributed by atoms with Crippen LogP contribution in [0.1, 0.15) is 34.2 Å². The molecule has 0 bridgehead atoms. The van der Waals surface area contributed by atoms with Crippen molar-refractivity contribution in [1.29, 1.82) is 0 Å². The van der Waals surface area contributed by atoms with Gasteiger partial charge < -0.3 is 9.64 Å². The molecule has 0 radical (unpaired) electrons. The molecule has 1 amide bonds. The zero-order valence-corrected chi connectivity index (χ0v) is 16.8. The van der Waals surface area contributed by atoms with Gasteiger partial charge in [-0.15, -0.1) is 0 Å². The summed E-state index contributed by atoms with van der Waals surface area (Å²) in [5.41, 5.74) is 4.19. The van der Waals surface area contributed by atoms with Crippen molar-refractivity contribution >= 4 is 16.9 Å². The number of fused-ring (bicyclic) bond motifs is 1. The molecule has 2 aromatic heterocycles. The molecular weight excluding hydrogens is 340 g/mol. The highest BCUT2D eigenvalue weighted by Gasteiger charge is 2.23. The van der Waals surface area contributed by atoms with Crippen LogP contribution in [0, 0.1) is 13.8 Å². The first-order chi connectivity index (χ1) is 12.8. The largest absolute Gasteiger partial charge is 0.497 e. The van der Waals surface area contributed by atoms with Crippen LogP contribution in [0.5, 0.6) is 5.75 Å². The van der Waals surface area contributed by atoms with Crippen LogP contribution in [0.3, 0.4) is 0 Å². The van der Waals surface area contributed by atoms with Crippen LogP contribution in [0.4, 0.5) is 0 Å². The summed E-state index contributed by atoms with van der Waals surface area (Å²) >= 11 is 0. The Morgan fingerprint density at radius 3 is 2.56 bits per heavy atom. The summed E-state index contributed by atoms with van der Waals surface area (Å²) in [5.74, 6) is 0.820. The van der Waals surface area contributed by atoms with Crippen molar-refractivity contribution in [2.24, 2.45) is 7.05 Å². The highest BCUT2D eigenvalue weighted by atomic mass is 16.5. The molecule has 6 nitrogen and oxygen atoms in total. The van der Waals surface area contributed by atoms with Gasteiger partial charge >= 0.3 is 0 Å². The number of hydrogen-bond acceptors (Lipinski definition) is 4. The van der Waals surface area contributed by atoms with E-state index in [1.807, 2.05) is 58.3 Å². The van der Waals surface area contributed by atoms with Crippen molar-refractivity contribution in [3.63, 3.8) is 0 Å². The van der Waals surface area contributed by atoms with E-state index < -0.39 is 0 Å². The van der Waals surface area contributed by atoms with E-state index in [-0.39, 0.29) is 11.9 Å². The minimum absolute atomic E-state index is 0.0115. The van der Waals surface area contributed by atoms with E-state index >= 15 is 0 Å². The van der Waals surface area contributed by atoms with Crippen molar-refractivity contribution < 1.29 is 9.53 Å². The molecule has 0 aliphatic carbocycles. The van der Waals surface area contributed by atoms with E-state index in [0.717, 1.165) is 40.2 Å². The van der Waals surface area contributed by atoms with Crippen LogP contribution >= 0.6 is 0 Å². The third kappa shape index (κ3) is 3.65. The molecule has 2 heterocycles. The molecule has 6 heteroatoms. The number of aromatic nitrogens is 3. The normalized spacial score (nSPS) is 12.2. The first-order valence-corrected chi connectivity index (χ1v) is 9.03. The zero-order chi connectivity index (χ0) is 19.7. The van der Waals surface area contributed by atoms with Gasteiger partial charge in [-0.1, -0.05) is 12.1 Å². The molecule has 142 valence electrons. The Kier molecular flexibility index (Phi) is 5.17. The lowest BCUT2D eigenvalue weighted by atomic mass is 10.0. The van der Waals surface area contributed by atoms with E-state index in [1.54, 1.807) is 16.7 Å². The van der Waals surface area contributed by atoms with Crippen LogP contribution in [0.15, 0.2) is 30.3 Å². The molecule has 0 fully saturated rings. The molecule has 0 aliphatic heterocycles. The predicted octanol–water partition coefficient (Wildman–Crippen LogP) is 3.30. The van der Waals surface area contributed by atoms with Gasteiger partial charge in [-0.25, -0.2) is 4.98 Å². The van der Waals surface area contributed by atoms with Gasteiger partial charge in [-0.2, -0.15) is 5.10 Å². The summed E-state index contributed by atoms with van der Waals surface area (Å²) in [6, 6.07) is 9.86. The van der Waals surface area contributed by atoms with Gasteiger partial charge in [0, 0.05) is 25.8 Å². The Labute approximate surface area is 159 Å². The standard InChI is InChI=1S/C21H26N4O2/c1-13-11-18(19-15(3)23-25(5)20(19)22-13)21(26)24(4)14(2)12-16-7-9-17(27-6)10-8-16/h7-11,14H,12H2,1-6H3/t14-/m1/s1. The number of carbonyl (C=O) groups excluding carboxylic acids is 1. The average molecular weight is 366 g/mol. The molecule has 3 aromatic rings. The number of benzene rings is 1. The number of pyridine rings is 1. The molecule has 27 heavy (non-hydrogen) atoms. The average Bonchev–Trinajstić information content (AvgIpc) is 2.94. The summed E-state index contributed by atoms with van der Waals surface area (Å²) in [6.07, 6.45) is 0.769. The highest BCUT2D eigenvalue weighted by molar-refractivity contribution is 6.06. The molecule has 0 saturated carbocycles. The number of likely N-dealkylation sites (N-methyl/N-ethyl adjacent to an activating group) is 1. The van der Waals surface area contributed by atoms with Crippen molar-refractivity contribution in [3.8, 4) is 5.75 Å². The van der Waals surface area contributed by atoms with Crippen LogP contribution in [-0.2, 0) is 13.5 Å². The minimum Gasteiger partial charge on any atom is -0.497 e. The van der Waals surface area contributed by atoms with Gasteiger partial charge in [-0.05, 0) is 51.0 Å². The molecule has 0 spiro atoms. The topological polar surface area (TPSA) is 60.2 Å². The van der Waals surface area contributed by atoms with Gasteiger partial charge in [0.2, 0.25) is 0 Å². The number of nitrogens with zero attached hydrogens (tertiary/aromatic N) is 4. The molecule has 0 saturated heterocycles. The van der Waals surface area contributed by atoms with Crippen molar-refractivity contribution in [1.82, 2.24) is 19.7 Å². The third-order valence-electron chi connectivity index (χ3n) is 5.00. The summed E-state index contributed by atoms with van der Waals surface area (Å²) in [5, 5.41) is 5.26. The minimum atomic E-state index is -0.0115. The van der Waals surface area contributed by atoms with Gasteiger partial charge in [0.05, 0.1) is 23.8 Å². The van der Waals surface area contributed by atoms with E-state index in [9.17, 15) is 4.79 Å². The van der Waals surface area contributed by atoms with Crippen LogP contribution in [-0.4, -0.2) is 45.8 Å². The number of carbonyl (C=O) groups is 1. The molecule has 1 aromatic carbocycles. The summed E-state index contributed by atoms with van der Waals surface area (Å²) in [7, 11) is 5.36. The van der Waals surface area contributed by atoms with Gasteiger partial charge in [0.25, 0.3) is 5.91 Å². The molecule has 0 aliphatic rings. The Hall–Kier alpha value is -2.89. The van der Waals surface area contributed by atoms with Gasteiger partial charge in [-0.3, -0.25) is 9.48 Å². The maximum Gasteiger partial charge on any atom is 0.254 e. The quantitative estimate of drug-likeness (QED) is 0.695. The smallest absolute Gasteiger partial charge is 0.254 e. The fraction of sp³-hybridized carbons (Fsp3) is 0.381. The number of amides is 1. The second kappa shape index (κ2) is 7.39. The lowest BCUT2D eigenvalue weighted by molar-refractivity contribution is 0.0745. The summed E-state index contributed by atoms with van der Waals surface area (Å²) < 4.78 is 6.94. The second-order valence-electron chi connectivity index (χ2n) is 7.04. The second-order valence-corrected chi connectivity index (χ2v) is 7.04. The Bertz CT molecular complexity index is 976. The summed E-state index contributed by atoms with van der Waals surface area (Å²) in [6.45, 7) is 5.87. The van der Waals surface area contributed by atoms with E-state index in [4.69, 9.17) is 4.74 Å². The number of methoxy groups -OCH3 is 1. The number of rotatable bonds is 5. The Balaban J connectivity index is 1.87. The van der Waals surface area contributed by atoms with E-state index in [0.29, 0.717) is 5.56 Å². The lowest BCUT2D eigenvalue weighted by Crippen LogP contribution is -2.36. The van der Waals surface area contributed by atoms with E-state index in [1.165, 1.54) is 0 Å². The number of hydrogen-bond donors (Lipinski definition) is 0. The molecule has 0 N–H and O–H groups in total. The maximum atomic E-state index is 13.2. The Morgan fingerprint density at radius 2 is 1.93 bits per heavy atom. The highest BCUT2D eigenvalue weighted by Crippen LogP contribution is 2.24. The van der Waals surface area contributed by atoms with Gasteiger partial charge in [0.15, 0.2) is 5.65 Å². The number of ether oxygens (including phenoxy) is 1. The number of aryl methyl sites for hydroxylation is 3. The SMILES string of the molecule is COc1ccc(C[C@@H](C)N(C)C(=O)c2cc(C)nc3c2c(C)nn3C)cc1. The predicted molar refractivity (Wildman–Crippen MR) is 106 cm³/mol. The maximum absolute atomic E-state index is 13.2. The first-order valence-electron chi connectivity index (χ1n) is 9.03. The molecule has 3 rings (SSSR count). The van der Waals surface area contributed by atoms with Gasteiger partial charge in [0.1, 0.15) is 5.75 Å². The third-order valence-corrected chi connectivity index (χ3v) is 5.00. The fourth-order valence-electron chi connectivity index (χ4n) is 3.37. The van der Waals surface area contributed by atoms with E-state index in [2.05, 4.69) is 17.0 Å². The summed E-state index contributed by atoms with van der Waals surface area (Å²) in [4.78, 5) is 19.6. The Morgan fingerprint density at radius 1 is 1.26 bits per heavy atom. The monoisotopic (exact) mass is 366 g/mol. The lowest BCUT2D eigenvalue weighted by Gasteiger charge is -2.25. The van der Waals surface area contributed by atoms with Crippen LogP contribution in [0.2, 0.25) is 0 Å².